The van der Waals surface area contributed by atoms with E-state index in [-0.39, 0.29) is 5.41 Å². The van der Waals surface area contributed by atoms with Crippen LogP contribution < -0.4 is 0 Å². The number of rotatable bonds is 0. The molecule has 2 rings (SSSR count). The van der Waals surface area contributed by atoms with E-state index in [1.807, 2.05) is 30.5 Å². The number of hydrogen-bond donors (Lipinski definition) is 0. The first-order chi connectivity index (χ1) is 8.79. The van der Waals surface area contributed by atoms with E-state index in [1.54, 1.807) is 6.20 Å². The zero-order valence-corrected chi connectivity index (χ0v) is 16.3. The second-order valence-corrected chi connectivity index (χ2v) is 7.85. The number of aromatic nitrogens is 2. The van der Waals surface area contributed by atoms with Crippen molar-refractivity contribution in [2.45, 2.75) is 26.2 Å². The first-order valence-electron chi connectivity index (χ1n) is 5.68. The molecular formula is C14H15Br2IN2. The van der Waals surface area contributed by atoms with Crippen molar-refractivity contribution in [2.24, 2.45) is 0 Å². The molecule has 0 saturated heterocycles. The van der Waals surface area contributed by atoms with Crippen LogP contribution in [0.3, 0.4) is 0 Å². The maximum atomic E-state index is 4.30. The van der Waals surface area contributed by atoms with Gasteiger partial charge in [-0.15, -0.1) is 0 Å². The number of halogens is 3. The normalized spacial score (nSPS) is 10.6. The van der Waals surface area contributed by atoms with E-state index in [2.05, 4.69) is 85.2 Å². The quantitative estimate of drug-likeness (QED) is 0.350. The predicted molar refractivity (Wildman–Crippen MR) is 95.3 cm³/mol. The summed E-state index contributed by atoms with van der Waals surface area (Å²) in [6.07, 6.45) is 3.61. The van der Waals surface area contributed by atoms with E-state index in [0.29, 0.717) is 0 Å². The van der Waals surface area contributed by atoms with Crippen LogP contribution in [0.5, 0.6) is 0 Å². The highest BCUT2D eigenvalue weighted by Gasteiger charge is 2.13. The molecule has 0 aliphatic rings. The molecular weight excluding hydrogens is 483 g/mol. The summed E-state index contributed by atoms with van der Waals surface area (Å²) in [5, 5.41) is 0. The molecule has 0 saturated carbocycles. The SMILES string of the molecule is Brc1ccc(I)nc1.CC(C)(C)c1ccc(Br)cn1. The van der Waals surface area contributed by atoms with Crippen molar-refractivity contribution in [3.8, 4) is 0 Å². The molecule has 0 unspecified atom stereocenters. The minimum absolute atomic E-state index is 0.153. The predicted octanol–water partition coefficient (Wildman–Crippen LogP) is 5.59. The van der Waals surface area contributed by atoms with Crippen molar-refractivity contribution in [3.05, 3.63) is 55.0 Å². The molecule has 0 atom stereocenters. The van der Waals surface area contributed by atoms with Crippen LogP contribution in [0.1, 0.15) is 26.5 Å². The molecule has 0 amide bonds. The third-order valence-electron chi connectivity index (χ3n) is 2.19. The van der Waals surface area contributed by atoms with Crippen LogP contribution in [0.2, 0.25) is 0 Å². The van der Waals surface area contributed by atoms with Gasteiger partial charge in [0.25, 0.3) is 0 Å². The molecule has 0 bridgehead atoms. The van der Waals surface area contributed by atoms with Gasteiger partial charge in [-0.1, -0.05) is 20.8 Å². The lowest BCUT2D eigenvalue weighted by Crippen LogP contribution is -2.12. The molecule has 0 aliphatic carbocycles. The van der Waals surface area contributed by atoms with Gasteiger partial charge in [-0.05, 0) is 78.7 Å². The molecule has 102 valence electrons. The van der Waals surface area contributed by atoms with Crippen molar-refractivity contribution < 1.29 is 0 Å². The molecule has 2 aromatic rings. The zero-order valence-electron chi connectivity index (χ0n) is 11.0. The summed E-state index contributed by atoms with van der Waals surface area (Å²) in [6, 6.07) is 7.98. The Balaban J connectivity index is 0.000000200. The number of pyridine rings is 2. The Bertz CT molecular complexity index is 483. The number of hydrogen-bond acceptors (Lipinski definition) is 2. The van der Waals surface area contributed by atoms with Crippen molar-refractivity contribution in [3.63, 3.8) is 0 Å². The molecule has 0 spiro atoms. The minimum Gasteiger partial charge on any atom is -0.260 e. The summed E-state index contributed by atoms with van der Waals surface area (Å²) in [5.74, 6) is 0. The second-order valence-electron chi connectivity index (χ2n) is 4.91. The largest absolute Gasteiger partial charge is 0.260 e. The second kappa shape index (κ2) is 7.69. The van der Waals surface area contributed by atoms with Gasteiger partial charge < -0.3 is 0 Å². The molecule has 2 aromatic heterocycles. The van der Waals surface area contributed by atoms with Crippen molar-refractivity contribution in [1.82, 2.24) is 9.97 Å². The first kappa shape index (κ1) is 17.0. The Kier molecular flexibility index (Phi) is 6.90. The highest BCUT2D eigenvalue weighted by Crippen LogP contribution is 2.20. The third kappa shape index (κ3) is 6.81. The summed E-state index contributed by atoms with van der Waals surface area (Å²) in [7, 11) is 0. The van der Waals surface area contributed by atoms with Gasteiger partial charge in [-0.2, -0.15) is 0 Å². The zero-order chi connectivity index (χ0) is 14.5. The van der Waals surface area contributed by atoms with Crippen molar-refractivity contribution in [2.75, 3.05) is 0 Å². The summed E-state index contributed by atoms with van der Waals surface area (Å²) in [6.45, 7) is 6.47. The van der Waals surface area contributed by atoms with Gasteiger partial charge in [-0.25, -0.2) is 4.98 Å². The topological polar surface area (TPSA) is 25.8 Å². The fourth-order valence-corrected chi connectivity index (χ4v) is 1.97. The number of nitrogens with zero attached hydrogens (tertiary/aromatic N) is 2. The van der Waals surface area contributed by atoms with Gasteiger partial charge in [0.05, 0.1) is 0 Å². The van der Waals surface area contributed by atoms with Crippen LogP contribution in [-0.4, -0.2) is 9.97 Å². The Labute approximate surface area is 144 Å². The van der Waals surface area contributed by atoms with Gasteiger partial charge in [0.1, 0.15) is 3.70 Å². The Morgan fingerprint density at radius 3 is 1.74 bits per heavy atom. The van der Waals surface area contributed by atoms with Crippen LogP contribution in [0, 0.1) is 3.70 Å². The average Bonchev–Trinajstić information content (AvgIpc) is 2.33. The van der Waals surface area contributed by atoms with E-state index in [1.165, 1.54) is 0 Å². The van der Waals surface area contributed by atoms with Crippen LogP contribution in [0.15, 0.2) is 45.6 Å². The summed E-state index contributed by atoms with van der Waals surface area (Å²) in [4.78, 5) is 8.32. The average molecular weight is 498 g/mol. The van der Waals surface area contributed by atoms with Crippen LogP contribution in [0.4, 0.5) is 0 Å². The van der Waals surface area contributed by atoms with E-state index in [0.717, 1.165) is 18.3 Å². The fourth-order valence-electron chi connectivity index (χ4n) is 1.18. The summed E-state index contributed by atoms with van der Waals surface area (Å²) < 4.78 is 3.08. The van der Waals surface area contributed by atoms with Gasteiger partial charge in [0.2, 0.25) is 0 Å². The van der Waals surface area contributed by atoms with Gasteiger partial charge in [0.15, 0.2) is 0 Å². The van der Waals surface area contributed by atoms with E-state index in [4.69, 9.17) is 0 Å². The maximum absolute atomic E-state index is 4.30. The van der Waals surface area contributed by atoms with Gasteiger partial charge in [0, 0.05) is 32.4 Å². The highest BCUT2D eigenvalue weighted by atomic mass is 127. The summed E-state index contributed by atoms with van der Waals surface area (Å²) >= 11 is 8.79. The highest BCUT2D eigenvalue weighted by molar-refractivity contribution is 14.1. The monoisotopic (exact) mass is 496 g/mol. The lowest BCUT2D eigenvalue weighted by atomic mass is 9.92. The van der Waals surface area contributed by atoms with Crippen molar-refractivity contribution >= 4 is 54.5 Å². The molecule has 0 aliphatic heterocycles. The first-order valence-corrected chi connectivity index (χ1v) is 8.34. The minimum atomic E-state index is 0.153. The van der Waals surface area contributed by atoms with Crippen LogP contribution in [0.25, 0.3) is 0 Å². The smallest absolute Gasteiger partial charge is 0.101 e. The van der Waals surface area contributed by atoms with Crippen LogP contribution >= 0.6 is 54.5 Å². The molecule has 0 fully saturated rings. The third-order valence-corrected chi connectivity index (χ3v) is 3.76. The van der Waals surface area contributed by atoms with E-state index < -0.39 is 0 Å². The molecule has 19 heavy (non-hydrogen) atoms. The van der Waals surface area contributed by atoms with Gasteiger partial charge >= 0.3 is 0 Å². The molecule has 5 heteroatoms. The fraction of sp³-hybridized carbons (Fsp3) is 0.286. The molecule has 0 aromatic carbocycles. The Morgan fingerprint density at radius 2 is 1.42 bits per heavy atom. The van der Waals surface area contributed by atoms with Crippen LogP contribution in [-0.2, 0) is 5.41 Å². The standard InChI is InChI=1S/C9H12BrN.C5H3BrIN/c1-9(2,3)8-5-4-7(10)6-11-8;6-4-1-2-5(7)8-3-4/h4-6H,1-3H3;1-3H. The summed E-state index contributed by atoms with van der Waals surface area (Å²) in [5.41, 5.74) is 1.28. The van der Waals surface area contributed by atoms with E-state index in [9.17, 15) is 0 Å². The molecule has 2 nitrogen and oxygen atoms in total. The van der Waals surface area contributed by atoms with E-state index >= 15 is 0 Å². The Morgan fingerprint density at radius 1 is 0.895 bits per heavy atom. The molecule has 2 heterocycles. The molecule has 0 N–H and O–H groups in total. The lowest BCUT2D eigenvalue weighted by molar-refractivity contribution is 0.568. The Hall–Kier alpha value is -0.0100. The molecule has 0 radical (unpaired) electrons. The lowest BCUT2D eigenvalue weighted by Gasteiger charge is -2.16. The van der Waals surface area contributed by atoms with Gasteiger partial charge in [-0.3, -0.25) is 4.98 Å². The van der Waals surface area contributed by atoms with Crippen molar-refractivity contribution in [1.29, 1.82) is 0 Å². The maximum Gasteiger partial charge on any atom is 0.101 e.